The molecule has 4 heteroatoms. The molecule has 0 atom stereocenters. The minimum atomic E-state index is -0.408. The van der Waals surface area contributed by atoms with Crippen molar-refractivity contribution in [2.24, 2.45) is 5.73 Å². The summed E-state index contributed by atoms with van der Waals surface area (Å²) in [7, 11) is 0. The minimum Gasteiger partial charge on any atom is -0.352 e. The molecule has 19 heavy (non-hydrogen) atoms. The lowest BCUT2D eigenvalue weighted by atomic mass is 10.0. The van der Waals surface area contributed by atoms with E-state index < -0.39 is 6.03 Å². The number of rotatable bonds is 4. The van der Waals surface area contributed by atoms with E-state index in [-0.39, 0.29) is 6.04 Å². The normalized spacial score (nSPS) is 17.3. The molecule has 3 N–H and O–H groups in total. The highest BCUT2D eigenvalue weighted by Gasteiger charge is 2.19. The van der Waals surface area contributed by atoms with E-state index in [2.05, 4.69) is 41.4 Å². The van der Waals surface area contributed by atoms with E-state index in [4.69, 9.17) is 5.73 Å². The first-order valence-electron chi connectivity index (χ1n) is 7.03. The zero-order chi connectivity index (χ0) is 13.7. The van der Waals surface area contributed by atoms with Gasteiger partial charge >= 0.3 is 6.03 Å². The first-order chi connectivity index (χ1) is 9.17. The number of benzene rings is 1. The number of aryl methyl sites for hydroxylation is 1. The van der Waals surface area contributed by atoms with Crippen LogP contribution in [0.3, 0.4) is 0 Å². The average Bonchev–Trinajstić information content (AvgIpc) is 2.41. The van der Waals surface area contributed by atoms with Crippen LogP contribution in [0.25, 0.3) is 0 Å². The third-order valence-corrected chi connectivity index (χ3v) is 3.74. The van der Waals surface area contributed by atoms with Crippen molar-refractivity contribution in [3.8, 4) is 0 Å². The van der Waals surface area contributed by atoms with Crippen molar-refractivity contribution in [3.63, 3.8) is 0 Å². The lowest BCUT2D eigenvalue weighted by molar-refractivity contribution is 0.189. The SMILES string of the molecule is CCc1cccc(CN2CCC(NC(N)=O)CC2)c1. The smallest absolute Gasteiger partial charge is 0.312 e. The van der Waals surface area contributed by atoms with Crippen LogP contribution < -0.4 is 11.1 Å². The second-order valence-corrected chi connectivity index (χ2v) is 5.23. The van der Waals surface area contributed by atoms with E-state index in [0.717, 1.165) is 38.9 Å². The Morgan fingerprint density at radius 1 is 1.37 bits per heavy atom. The quantitative estimate of drug-likeness (QED) is 0.869. The summed E-state index contributed by atoms with van der Waals surface area (Å²) in [5, 5.41) is 2.80. The summed E-state index contributed by atoms with van der Waals surface area (Å²) in [6, 6.07) is 8.62. The van der Waals surface area contributed by atoms with Gasteiger partial charge in [-0.25, -0.2) is 4.79 Å². The van der Waals surface area contributed by atoms with Crippen molar-refractivity contribution in [2.75, 3.05) is 13.1 Å². The molecular weight excluding hydrogens is 238 g/mol. The van der Waals surface area contributed by atoms with Crippen LogP contribution in [0.4, 0.5) is 4.79 Å². The number of piperidine rings is 1. The van der Waals surface area contributed by atoms with Crippen LogP contribution in [0.15, 0.2) is 24.3 Å². The number of hydrogen-bond acceptors (Lipinski definition) is 2. The Labute approximate surface area is 115 Å². The van der Waals surface area contributed by atoms with Gasteiger partial charge in [0.15, 0.2) is 0 Å². The lowest BCUT2D eigenvalue weighted by Gasteiger charge is -2.32. The fraction of sp³-hybridized carbons (Fsp3) is 0.533. The van der Waals surface area contributed by atoms with Crippen LogP contribution in [-0.2, 0) is 13.0 Å². The molecule has 1 aliphatic rings. The molecule has 104 valence electrons. The molecule has 2 rings (SSSR count). The number of carbonyl (C=O) groups excluding carboxylic acids is 1. The zero-order valence-corrected chi connectivity index (χ0v) is 11.6. The summed E-state index contributed by atoms with van der Waals surface area (Å²) < 4.78 is 0. The van der Waals surface area contributed by atoms with Crippen molar-refractivity contribution in [2.45, 2.75) is 38.8 Å². The third kappa shape index (κ3) is 4.24. The van der Waals surface area contributed by atoms with E-state index >= 15 is 0 Å². The van der Waals surface area contributed by atoms with Crippen molar-refractivity contribution >= 4 is 6.03 Å². The van der Waals surface area contributed by atoms with E-state index in [0.29, 0.717) is 0 Å². The number of amides is 2. The monoisotopic (exact) mass is 261 g/mol. The second-order valence-electron chi connectivity index (χ2n) is 5.23. The van der Waals surface area contributed by atoms with Crippen LogP contribution >= 0.6 is 0 Å². The van der Waals surface area contributed by atoms with E-state index in [1.54, 1.807) is 0 Å². The summed E-state index contributed by atoms with van der Waals surface area (Å²) in [5.74, 6) is 0. The van der Waals surface area contributed by atoms with Crippen LogP contribution in [0.5, 0.6) is 0 Å². The first-order valence-corrected chi connectivity index (χ1v) is 7.03. The molecular formula is C15H23N3O. The average molecular weight is 261 g/mol. The molecule has 0 aliphatic carbocycles. The van der Waals surface area contributed by atoms with E-state index in [9.17, 15) is 4.79 Å². The standard InChI is InChI=1S/C15H23N3O/c1-2-12-4-3-5-13(10-12)11-18-8-6-14(7-9-18)17-15(16)19/h3-5,10,14H,2,6-9,11H2,1H3,(H3,16,17,19). The molecule has 0 unspecified atom stereocenters. The van der Waals surface area contributed by atoms with Gasteiger partial charge in [0.2, 0.25) is 0 Å². The molecule has 1 aliphatic heterocycles. The highest BCUT2D eigenvalue weighted by Crippen LogP contribution is 2.15. The molecule has 1 aromatic carbocycles. The largest absolute Gasteiger partial charge is 0.352 e. The zero-order valence-electron chi connectivity index (χ0n) is 11.6. The molecule has 1 fully saturated rings. The van der Waals surface area contributed by atoms with Gasteiger partial charge in [-0.3, -0.25) is 4.90 Å². The molecule has 0 saturated carbocycles. The van der Waals surface area contributed by atoms with Gasteiger partial charge in [0.1, 0.15) is 0 Å². The van der Waals surface area contributed by atoms with Gasteiger partial charge in [0.25, 0.3) is 0 Å². The minimum absolute atomic E-state index is 0.246. The van der Waals surface area contributed by atoms with Gasteiger partial charge in [-0.2, -0.15) is 0 Å². The second kappa shape index (κ2) is 6.57. The fourth-order valence-corrected chi connectivity index (χ4v) is 2.64. The first kappa shape index (κ1) is 13.9. The molecule has 0 spiro atoms. The van der Waals surface area contributed by atoms with Gasteiger partial charge in [0.05, 0.1) is 0 Å². The van der Waals surface area contributed by atoms with Gasteiger partial charge in [-0.15, -0.1) is 0 Å². The van der Waals surface area contributed by atoms with Crippen molar-refractivity contribution in [1.29, 1.82) is 0 Å². The Morgan fingerprint density at radius 3 is 2.68 bits per heavy atom. The van der Waals surface area contributed by atoms with Crippen molar-refractivity contribution in [1.82, 2.24) is 10.2 Å². The van der Waals surface area contributed by atoms with Crippen LogP contribution in [0, 0.1) is 0 Å². The molecule has 2 amide bonds. The van der Waals surface area contributed by atoms with Crippen molar-refractivity contribution < 1.29 is 4.79 Å². The molecule has 1 aromatic rings. The Hall–Kier alpha value is -1.55. The number of likely N-dealkylation sites (tertiary alicyclic amines) is 1. The number of nitrogens with zero attached hydrogens (tertiary/aromatic N) is 1. The summed E-state index contributed by atoms with van der Waals surface area (Å²) in [4.78, 5) is 13.2. The van der Waals surface area contributed by atoms with Crippen LogP contribution in [0.2, 0.25) is 0 Å². The summed E-state index contributed by atoms with van der Waals surface area (Å²) in [6.45, 7) is 5.21. The predicted octanol–water partition coefficient (Wildman–Crippen LogP) is 1.88. The Balaban J connectivity index is 1.83. The van der Waals surface area contributed by atoms with Crippen molar-refractivity contribution in [3.05, 3.63) is 35.4 Å². The summed E-state index contributed by atoms with van der Waals surface area (Å²) in [6.07, 6.45) is 3.05. The number of nitrogens with one attached hydrogen (secondary N) is 1. The van der Waals surface area contributed by atoms with Gasteiger partial charge < -0.3 is 11.1 Å². The van der Waals surface area contributed by atoms with E-state index in [1.165, 1.54) is 11.1 Å². The van der Waals surface area contributed by atoms with Crippen LogP contribution in [-0.4, -0.2) is 30.1 Å². The highest BCUT2D eigenvalue weighted by molar-refractivity contribution is 5.71. The molecule has 0 aromatic heterocycles. The molecule has 1 saturated heterocycles. The van der Waals surface area contributed by atoms with Gasteiger partial charge in [-0.1, -0.05) is 31.2 Å². The number of primary amides is 1. The number of nitrogens with two attached hydrogens (primary N) is 1. The molecule has 4 nitrogen and oxygen atoms in total. The Kier molecular flexibility index (Phi) is 4.80. The maximum atomic E-state index is 10.8. The van der Waals surface area contributed by atoms with Gasteiger partial charge in [0, 0.05) is 25.7 Å². The van der Waals surface area contributed by atoms with E-state index in [1.807, 2.05) is 0 Å². The summed E-state index contributed by atoms with van der Waals surface area (Å²) >= 11 is 0. The van der Waals surface area contributed by atoms with Gasteiger partial charge in [-0.05, 0) is 30.4 Å². The number of hydrogen-bond donors (Lipinski definition) is 2. The molecule has 0 bridgehead atoms. The maximum Gasteiger partial charge on any atom is 0.312 e. The Morgan fingerprint density at radius 2 is 2.05 bits per heavy atom. The molecule has 1 heterocycles. The number of urea groups is 1. The Bertz CT molecular complexity index is 425. The maximum absolute atomic E-state index is 10.8. The number of carbonyl (C=O) groups is 1. The molecule has 0 radical (unpaired) electrons. The highest BCUT2D eigenvalue weighted by atomic mass is 16.2. The predicted molar refractivity (Wildman–Crippen MR) is 76.8 cm³/mol. The third-order valence-electron chi connectivity index (χ3n) is 3.74. The lowest BCUT2D eigenvalue weighted by Crippen LogP contribution is -2.46. The van der Waals surface area contributed by atoms with Crippen LogP contribution in [0.1, 0.15) is 30.9 Å². The fourth-order valence-electron chi connectivity index (χ4n) is 2.64. The summed E-state index contributed by atoms with van der Waals surface area (Å²) in [5.41, 5.74) is 7.92. The topological polar surface area (TPSA) is 58.4 Å².